The molecule has 0 bridgehead atoms. The zero-order valence-corrected chi connectivity index (χ0v) is 10.9. The minimum atomic E-state index is -4.57. The summed E-state index contributed by atoms with van der Waals surface area (Å²) in [6.07, 6.45) is -4.07. The molecule has 114 valence electrons. The number of anilines is 2. The summed E-state index contributed by atoms with van der Waals surface area (Å²) in [6.45, 7) is -1.66. The van der Waals surface area contributed by atoms with E-state index in [0.29, 0.717) is 5.69 Å². The average molecular weight is 302 g/mol. The summed E-state index contributed by atoms with van der Waals surface area (Å²) < 4.78 is 39.7. The summed E-state index contributed by atoms with van der Waals surface area (Å²) in [4.78, 5) is 22.8. The second kappa shape index (κ2) is 6.02. The van der Waals surface area contributed by atoms with Crippen LogP contribution in [0.25, 0.3) is 0 Å². The summed E-state index contributed by atoms with van der Waals surface area (Å²) >= 11 is 0. The highest BCUT2D eigenvalue weighted by Crippen LogP contribution is 2.30. The molecule has 0 saturated heterocycles. The number of carbonyl (C=O) groups excluding carboxylic acids is 2. The van der Waals surface area contributed by atoms with Crippen LogP contribution in [-0.2, 0) is 9.53 Å². The number of alkyl halides is 3. The van der Waals surface area contributed by atoms with E-state index < -0.39 is 18.9 Å². The number of hydrogen-bond donors (Lipinski definition) is 2. The molecular formula is C13H13F3N2O3. The molecule has 8 heteroatoms. The van der Waals surface area contributed by atoms with Crippen LogP contribution in [-0.4, -0.2) is 24.8 Å². The maximum atomic E-state index is 11.9. The van der Waals surface area contributed by atoms with E-state index in [1.165, 1.54) is 12.1 Å². The number of ether oxygens (including phenoxy) is 1. The van der Waals surface area contributed by atoms with Crippen molar-refractivity contribution >= 4 is 23.4 Å². The van der Waals surface area contributed by atoms with Crippen LogP contribution in [0.4, 0.5) is 29.3 Å². The Morgan fingerprint density at radius 2 is 1.81 bits per heavy atom. The van der Waals surface area contributed by atoms with E-state index in [1.807, 2.05) is 0 Å². The van der Waals surface area contributed by atoms with E-state index in [0.717, 1.165) is 12.8 Å². The van der Waals surface area contributed by atoms with Crippen molar-refractivity contribution in [2.75, 3.05) is 17.2 Å². The van der Waals surface area contributed by atoms with E-state index in [1.54, 1.807) is 12.1 Å². The molecule has 0 atom stereocenters. The smallest absolute Gasteiger partial charge is 0.422 e. The molecule has 2 amide bonds. The Morgan fingerprint density at radius 1 is 1.19 bits per heavy atom. The third-order valence-electron chi connectivity index (χ3n) is 2.69. The van der Waals surface area contributed by atoms with E-state index in [2.05, 4.69) is 15.4 Å². The molecule has 1 aromatic carbocycles. The van der Waals surface area contributed by atoms with Gasteiger partial charge in [-0.15, -0.1) is 0 Å². The van der Waals surface area contributed by atoms with Crippen LogP contribution in [0.1, 0.15) is 12.8 Å². The van der Waals surface area contributed by atoms with Crippen molar-refractivity contribution in [1.29, 1.82) is 0 Å². The third kappa shape index (κ3) is 5.33. The van der Waals surface area contributed by atoms with Gasteiger partial charge in [0.1, 0.15) is 0 Å². The number of amides is 2. The van der Waals surface area contributed by atoms with E-state index in [-0.39, 0.29) is 17.5 Å². The monoisotopic (exact) mass is 302 g/mol. The van der Waals surface area contributed by atoms with Gasteiger partial charge in [0.15, 0.2) is 6.61 Å². The average Bonchev–Trinajstić information content (AvgIpc) is 3.20. The molecule has 1 fully saturated rings. The van der Waals surface area contributed by atoms with Gasteiger partial charge >= 0.3 is 12.3 Å². The van der Waals surface area contributed by atoms with Gasteiger partial charge in [0.25, 0.3) is 0 Å². The summed E-state index contributed by atoms with van der Waals surface area (Å²) in [5.41, 5.74) is 0.691. The van der Waals surface area contributed by atoms with Gasteiger partial charge in [-0.05, 0) is 31.0 Å². The molecule has 0 radical (unpaired) electrons. The molecule has 5 nitrogen and oxygen atoms in total. The zero-order chi connectivity index (χ0) is 15.5. The summed E-state index contributed by atoms with van der Waals surface area (Å²) in [6, 6.07) is 6.09. The Bertz CT molecular complexity index is 542. The molecule has 1 saturated carbocycles. The van der Waals surface area contributed by atoms with Gasteiger partial charge in [-0.3, -0.25) is 10.1 Å². The first-order chi connectivity index (χ1) is 9.83. The van der Waals surface area contributed by atoms with Gasteiger partial charge in [-0.25, -0.2) is 4.79 Å². The van der Waals surface area contributed by atoms with Crippen molar-refractivity contribution in [3.8, 4) is 0 Å². The van der Waals surface area contributed by atoms with Crippen molar-refractivity contribution in [2.24, 2.45) is 5.92 Å². The first-order valence-corrected chi connectivity index (χ1v) is 6.25. The van der Waals surface area contributed by atoms with Crippen LogP contribution >= 0.6 is 0 Å². The summed E-state index contributed by atoms with van der Waals surface area (Å²) in [7, 11) is 0. The van der Waals surface area contributed by atoms with E-state index >= 15 is 0 Å². The zero-order valence-electron chi connectivity index (χ0n) is 10.9. The quantitative estimate of drug-likeness (QED) is 0.898. The molecule has 0 spiro atoms. The Hall–Kier alpha value is -2.25. The number of halogens is 3. The van der Waals surface area contributed by atoms with Crippen LogP contribution in [0, 0.1) is 5.92 Å². The first-order valence-electron chi connectivity index (χ1n) is 6.25. The summed E-state index contributed by atoms with van der Waals surface area (Å²) in [5.74, 6) is -0.0786. The topological polar surface area (TPSA) is 67.4 Å². The van der Waals surface area contributed by atoms with Crippen LogP contribution in [0.5, 0.6) is 0 Å². The minimum Gasteiger partial charge on any atom is -0.440 e. The predicted molar refractivity (Wildman–Crippen MR) is 68.8 cm³/mol. The second-order valence-corrected chi connectivity index (χ2v) is 4.66. The normalized spacial score (nSPS) is 14.4. The van der Waals surface area contributed by atoms with Crippen LogP contribution < -0.4 is 10.6 Å². The van der Waals surface area contributed by atoms with Crippen LogP contribution in [0.3, 0.4) is 0 Å². The van der Waals surface area contributed by atoms with Crippen molar-refractivity contribution < 1.29 is 27.5 Å². The lowest BCUT2D eigenvalue weighted by atomic mass is 10.2. The lowest BCUT2D eigenvalue weighted by Gasteiger charge is -2.10. The van der Waals surface area contributed by atoms with Gasteiger partial charge in [0, 0.05) is 17.3 Å². The fourth-order valence-electron chi connectivity index (χ4n) is 1.57. The number of rotatable bonds is 4. The molecule has 0 heterocycles. The molecule has 1 aliphatic carbocycles. The maximum Gasteiger partial charge on any atom is 0.422 e. The molecule has 0 aromatic heterocycles. The minimum absolute atomic E-state index is 0.0263. The number of hydrogen-bond acceptors (Lipinski definition) is 3. The lowest BCUT2D eigenvalue weighted by Crippen LogP contribution is -2.23. The van der Waals surface area contributed by atoms with Gasteiger partial charge in [-0.1, -0.05) is 6.07 Å². The third-order valence-corrected chi connectivity index (χ3v) is 2.69. The molecular weight excluding hydrogens is 289 g/mol. The van der Waals surface area contributed by atoms with Gasteiger partial charge in [-0.2, -0.15) is 13.2 Å². The molecule has 1 aromatic rings. The van der Waals surface area contributed by atoms with Crippen molar-refractivity contribution in [2.45, 2.75) is 19.0 Å². The highest BCUT2D eigenvalue weighted by molar-refractivity contribution is 5.95. The van der Waals surface area contributed by atoms with Crippen molar-refractivity contribution in [1.82, 2.24) is 0 Å². The Balaban J connectivity index is 1.88. The first kappa shape index (κ1) is 15.1. The lowest BCUT2D eigenvalue weighted by molar-refractivity contribution is -0.159. The van der Waals surface area contributed by atoms with E-state index in [4.69, 9.17) is 0 Å². The largest absolute Gasteiger partial charge is 0.440 e. The second-order valence-electron chi connectivity index (χ2n) is 4.66. The van der Waals surface area contributed by atoms with Crippen molar-refractivity contribution in [3.63, 3.8) is 0 Å². The maximum absolute atomic E-state index is 11.9. The van der Waals surface area contributed by atoms with Gasteiger partial charge in [0.2, 0.25) is 5.91 Å². The van der Waals surface area contributed by atoms with Gasteiger partial charge < -0.3 is 10.1 Å². The predicted octanol–water partition coefficient (Wildman–Crippen LogP) is 3.15. The molecule has 2 N–H and O–H groups in total. The Kier molecular flexibility index (Phi) is 4.35. The van der Waals surface area contributed by atoms with E-state index in [9.17, 15) is 22.8 Å². The Labute approximate surface area is 118 Å². The molecule has 0 aliphatic heterocycles. The Morgan fingerprint density at radius 3 is 2.38 bits per heavy atom. The highest BCUT2D eigenvalue weighted by Gasteiger charge is 2.30. The summed E-state index contributed by atoms with van der Waals surface area (Å²) in [5, 5.41) is 4.82. The molecule has 21 heavy (non-hydrogen) atoms. The van der Waals surface area contributed by atoms with Crippen LogP contribution in [0.2, 0.25) is 0 Å². The fraction of sp³-hybridized carbons (Fsp3) is 0.385. The SMILES string of the molecule is O=C(Nc1cccc(NC(=O)C2CC2)c1)OCC(F)(F)F. The molecule has 1 aliphatic rings. The number of nitrogens with one attached hydrogen (secondary N) is 2. The highest BCUT2D eigenvalue weighted by atomic mass is 19.4. The van der Waals surface area contributed by atoms with Gasteiger partial charge in [0.05, 0.1) is 0 Å². The standard InChI is InChI=1S/C13H13F3N2O3/c14-13(15,16)7-21-12(20)18-10-3-1-2-9(6-10)17-11(19)8-4-5-8/h1-3,6,8H,4-5,7H2,(H,17,19)(H,18,20). The number of carbonyl (C=O) groups is 2. The molecule has 0 unspecified atom stereocenters. The molecule has 2 rings (SSSR count). The van der Waals surface area contributed by atoms with Crippen LogP contribution in [0.15, 0.2) is 24.3 Å². The van der Waals surface area contributed by atoms with Crippen molar-refractivity contribution in [3.05, 3.63) is 24.3 Å². The fourth-order valence-corrected chi connectivity index (χ4v) is 1.57. The number of benzene rings is 1.